The van der Waals surface area contributed by atoms with E-state index in [1.807, 2.05) is 0 Å². The summed E-state index contributed by atoms with van der Waals surface area (Å²) in [5.41, 5.74) is 2.13. The average Bonchev–Trinajstić information content (AvgIpc) is 2.87. The van der Waals surface area contributed by atoms with Gasteiger partial charge in [0.2, 0.25) is 0 Å². The highest BCUT2D eigenvalue weighted by Gasteiger charge is 2.36. The fraction of sp³-hybridized carbons (Fsp3) is 0.312. The first kappa shape index (κ1) is 11.2. The molecule has 0 atom stereocenters. The zero-order valence-electron chi connectivity index (χ0n) is 10.6. The van der Waals surface area contributed by atoms with Gasteiger partial charge in [0.1, 0.15) is 0 Å². The van der Waals surface area contributed by atoms with Crippen molar-refractivity contribution in [2.45, 2.75) is 12.8 Å². The van der Waals surface area contributed by atoms with Gasteiger partial charge in [-0.05, 0) is 41.3 Å². The molecule has 3 saturated heterocycles. The molecule has 2 bridgehead atoms. The maximum Gasteiger partial charge on any atom is 0.182 e. The van der Waals surface area contributed by atoms with Crippen LogP contribution in [0.4, 0.5) is 0 Å². The summed E-state index contributed by atoms with van der Waals surface area (Å²) in [7, 11) is 0. The minimum absolute atomic E-state index is 0.279. The summed E-state index contributed by atoms with van der Waals surface area (Å²) in [6.07, 6.45) is 4.19. The molecule has 19 heavy (non-hydrogen) atoms. The monoisotopic (exact) mass is 269 g/mol. The van der Waals surface area contributed by atoms with E-state index >= 15 is 0 Å². The Hall–Kier alpha value is -1.61. The van der Waals surface area contributed by atoms with Gasteiger partial charge in [0.25, 0.3) is 0 Å². The maximum atomic E-state index is 12.3. The fourth-order valence-electron chi connectivity index (χ4n) is 3.17. The molecule has 96 valence electrons. The number of carbonyl (C=O) groups is 1. The third-order valence-corrected chi connectivity index (χ3v) is 5.24. The Kier molecular flexibility index (Phi) is 2.49. The Labute approximate surface area is 116 Å². The van der Waals surface area contributed by atoms with Crippen molar-refractivity contribution in [1.82, 2.24) is 4.90 Å². The molecule has 5 rings (SSSR count). The van der Waals surface area contributed by atoms with E-state index in [1.165, 1.54) is 15.6 Å². The van der Waals surface area contributed by atoms with E-state index in [0.29, 0.717) is 5.78 Å². The highest BCUT2D eigenvalue weighted by Crippen LogP contribution is 2.34. The normalized spacial score (nSPS) is 21.8. The first-order chi connectivity index (χ1) is 9.33. The Morgan fingerprint density at radius 2 is 2.00 bits per heavy atom. The van der Waals surface area contributed by atoms with Crippen LogP contribution in [0.5, 0.6) is 0 Å². The summed E-state index contributed by atoms with van der Waals surface area (Å²) in [6.45, 7) is 2.09. The molecule has 0 radical (unpaired) electrons. The minimum atomic E-state index is 0.279. The summed E-state index contributed by atoms with van der Waals surface area (Å²) < 4.78 is 1.29. The van der Waals surface area contributed by atoms with Gasteiger partial charge in [-0.25, -0.2) is 0 Å². The Bertz CT molecular complexity index is 677. The van der Waals surface area contributed by atoms with Crippen molar-refractivity contribution >= 4 is 33.3 Å². The van der Waals surface area contributed by atoms with Crippen LogP contribution in [-0.4, -0.2) is 23.8 Å². The van der Waals surface area contributed by atoms with Gasteiger partial charge >= 0.3 is 0 Å². The van der Waals surface area contributed by atoms with Crippen LogP contribution < -0.4 is 0 Å². The van der Waals surface area contributed by atoms with Crippen LogP contribution in [-0.2, 0) is 4.79 Å². The zero-order valence-corrected chi connectivity index (χ0v) is 11.5. The van der Waals surface area contributed by atoms with Gasteiger partial charge in [-0.2, -0.15) is 0 Å². The minimum Gasteiger partial charge on any atom is -0.369 e. The van der Waals surface area contributed by atoms with Crippen LogP contribution in [0.15, 0.2) is 35.3 Å². The lowest BCUT2D eigenvalue weighted by molar-refractivity contribution is -0.125. The Balaban J connectivity index is 1.81. The number of benzene rings is 1. The molecule has 0 unspecified atom stereocenters. The molecule has 0 aliphatic carbocycles. The Morgan fingerprint density at radius 1 is 1.21 bits per heavy atom. The number of thiophene rings is 1. The van der Waals surface area contributed by atoms with Crippen molar-refractivity contribution in [3.05, 3.63) is 40.9 Å². The second kappa shape index (κ2) is 4.20. The lowest BCUT2D eigenvalue weighted by Gasteiger charge is -2.41. The van der Waals surface area contributed by atoms with Crippen LogP contribution in [0.2, 0.25) is 0 Å². The first-order valence-corrected chi connectivity index (χ1v) is 7.68. The smallest absolute Gasteiger partial charge is 0.182 e. The number of rotatable bonds is 1. The Morgan fingerprint density at radius 3 is 2.79 bits per heavy atom. The number of carbonyl (C=O) groups excluding carboxylic acids is 1. The molecule has 0 spiro atoms. The van der Waals surface area contributed by atoms with Crippen LogP contribution in [0, 0.1) is 5.92 Å². The molecule has 4 heterocycles. The highest BCUT2D eigenvalue weighted by atomic mass is 32.1. The molecule has 1 aromatic carbocycles. The van der Waals surface area contributed by atoms with Crippen LogP contribution in [0.3, 0.4) is 0 Å². The second-order valence-electron chi connectivity index (χ2n) is 5.34. The molecule has 3 fully saturated rings. The van der Waals surface area contributed by atoms with E-state index in [1.54, 1.807) is 11.3 Å². The summed E-state index contributed by atoms with van der Waals surface area (Å²) >= 11 is 1.75. The van der Waals surface area contributed by atoms with E-state index in [-0.39, 0.29) is 5.92 Å². The molecule has 2 nitrogen and oxygen atoms in total. The summed E-state index contributed by atoms with van der Waals surface area (Å²) in [6, 6.07) is 8.40. The number of nitrogens with zero attached hydrogens (tertiary/aromatic N) is 1. The van der Waals surface area contributed by atoms with E-state index in [2.05, 4.69) is 40.6 Å². The van der Waals surface area contributed by atoms with Gasteiger partial charge in [0, 0.05) is 23.7 Å². The number of fused-ring (bicyclic) bond motifs is 4. The predicted octanol–water partition coefficient (Wildman–Crippen LogP) is 3.54. The average molecular weight is 269 g/mol. The molecule has 2 aromatic rings. The lowest BCUT2D eigenvalue weighted by atomic mass is 9.84. The molecule has 0 N–H and O–H groups in total. The number of hydrogen-bond acceptors (Lipinski definition) is 3. The number of Topliss-reactive ketones (excluding diaryl/α,β-unsaturated/α-hetero) is 1. The molecule has 0 saturated carbocycles. The molecule has 3 aliphatic rings. The predicted molar refractivity (Wildman–Crippen MR) is 79.1 cm³/mol. The fourth-order valence-corrected chi connectivity index (χ4v) is 4.09. The van der Waals surface area contributed by atoms with Crippen LogP contribution >= 0.6 is 11.3 Å². The van der Waals surface area contributed by atoms with Crippen molar-refractivity contribution in [3.63, 3.8) is 0 Å². The van der Waals surface area contributed by atoms with Gasteiger partial charge in [-0.15, -0.1) is 11.3 Å². The van der Waals surface area contributed by atoms with Gasteiger partial charge in [-0.1, -0.05) is 18.2 Å². The number of piperidine rings is 3. The largest absolute Gasteiger partial charge is 0.369 e. The number of ketones is 1. The van der Waals surface area contributed by atoms with E-state index in [0.717, 1.165) is 31.6 Å². The van der Waals surface area contributed by atoms with Gasteiger partial charge in [-0.3, -0.25) is 4.79 Å². The standard InChI is InChI=1S/C16H15NOS/c18-16-11-5-7-17(8-6-11)14(16)9-12-10-19-15-4-2-1-3-13(12)15/h1-4,9-11H,5-8H2. The molecule has 3 aliphatic heterocycles. The summed E-state index contributed by atoms with van der Waals surface area (Å²) in [5.74, 6) is 0.633. The zero-order chi connectivity index (χ0) is 12.8. The third kappa shape index (κ3) is 1.72. The highest BCUT2D eigenvalue weighted by molar-refractivity contribution is 7.17. The SMILES string of the molecule is O=C1C(=Cc2csc3ccccc23)N2CCC1CC2. The molecular weight excluding hydrogens is 254 g/mol. The van der Waals surface area contributed by atoms with E-state index in [4.69, 9.17) is 0 Å². The van der Waals surface area contributed by atoms with Gasteiger partial charge < -0.3 is 4.90 Å². The first-order valence-electron chi connectivity index (χ1n) is 6.80. The molecule has 0 amide bonds. The van der Waals surface area contributed by atoms with Crippen molar-refractivity contribution in [1.29, 1.82) is 0 Å². The van der Waals surface area contributed by atoms with Crippen molar-refractivity contribution in [3.8, 4) is 0 Å². The number of allylic oxidation sites excluding steroid dienone is 1. The van der Waals surface area contributed by atoms with Crippen molar-refractivity contribution in [2.24, 2.45) is 5.92 Å². The van der Waals surface area contributed by atoms with E-state index in [9.17, 15) is 4.79 Å². The van der Waals surface area contributed by atoms with Crippen LogP contribution in [0.25, 0.3) is 16.2 Å². The molecular formula is C16H15NOS. The quantitative estimate of drug-likeness (QED) is 0.738. The number of hydrogen-bond donors (Lipinski definition) is 0. The van der Waals surface area contributed by atoms with E-state index < -0.39 is 0 Å². The third-order valence-electron chi connectivity index (χ3n) is 4.26. The van der Waals surface area contributed by atoms with Crippen molar-refractivity contribution in [2.75, 3.05) is 13.1 Å². The van der Waals surface area contributed by atoms with Crippen molar-refractivity contribution < 1.29 is 4.79 Å². The topological polar surface area (TPSA) is 20.3 Å². The lowest BCUT2D eigenvalue weighted by Crippen LogP contribution is -2.45. The summed E-state index contributed by atoms with van der Waals surface area (Å²) in [5, 5.41) is 3.42. The van der Waals surface area contributed by atoms with Gasteiger partial charge in [0.15, 0.2) is 5.78 Å². The molecule has 3 heteroatoms. The molecule has 1 aromatic heterocycles. The van der Waals surface area contributed by atoms with Gasteiger partial charge in [0.05, 0.1) is 5.70 Å². The maximum absolute atomic E-state index is 12.3. The second-order valence-corrected chi connectivity index (χ2v) is 6.25. The van der Waals surface area contributed by atoms with Crippen LogP contribution in [0.1, 0.15) is 18.4 Å². The summed E-state index contributed by atoms with van der Waals surface area (Å²) in [4.78, 5) is 14.6.